The van der Waals surface area contributed by atoms with Gasteiger partial charge < -0.3 is 10.4 Å². The Balaban J connectivity index is 1.99. The molecule has 8 heteroatoms. The third kappa shape index (κ3) is 3.34. The number of alkyl halides is 3. The minimum Gasteiger partial charge on any atom is -0.508 e. The fraction of sp³-hybridized carbons (Fsp3) is 0.0588. The molecule has 2 N–H and O–H groups in total. The Morgan fingerprint density at radius 1 is 1.08 bits per heavy atom. The van der Waals surface area contributed by atoms with Crippen LogP contribution in [0.15, 0.2) is 54.2 Å². The number of amides is 1. The summed E-state index contributed by atoms with van der Waals surface area (Å²) in [7, 11) is 0. The van der Waals surface area contributed by atoms with Crippen LogP contribution in [0.2, 0.25) is 0 Å². The lowest BCUT2D eigenvalue weighted by molar-refractivity contribution is -0.137. The number of halogens is 3. The topological polar surface area (TPSA) is 52.6 Å². The SMILES string of the molecule is O=C1/C(=C/c2ccc(O)cc2)NC(=S)N1c1ccccc1C(F)(F)F. The Morgan fingerprint density at radius 2 is 1.72 bits per heavy atom. The molecule has 0 unspecified atom stereocenters. The molecule has 1 amide bonds. The molecule has 128 valence electrons. The largest absolute Gasteiger partial charge is 0.508 e. The summed E-state index contributed by atoms with van der Waals surface area (Å²) in [6.07, 6.45) is -3.17. The van der Waals surface area contributed by atoms with Crippen LogP contribution in [-0.2, 0) is 11.0 Å². The molecule has 1 aliphatic heterocycles. The molecule has 1 saturated heterocycles. The van der Waals surface area contributed by atoms with Gasteiger partial charge in [-0.05, 0) is 48.1 Å². The predicted octanol–water partition coefficient (Wildman–Crippen LogP) is 3.67. The van der Waals surface area contributed by atoms with Crippen LogP contribution in [0.4, 0.5) is 18.9 Å². The number of rotatable bonds is 2. The molecule has 2 aromatic rings. The summed E-state index contributed by atoms with van der Waals surface area (Å²) >= 11 is 5.04. The summed E-state index contributed by atoms with van der Waals surface area (Å²) in [4.78, 5) is 13.4. The molecule has 1 heterocycles. The van der Waals surface area contributed by atoms with Crippen LogP contribution >= 0.6 is 12.2 Å². The minimum absolute atomic E-state index is 0.0488. The second-order valence-corrected chi connectivity index (χ2v) is 5.62. The van der Waals surface area contributed by atoms with Crippen molar-refractivity contribution in [3.63, 3.8) is 0 Å². The molecular formula is C17H11F3N2O2S. The Hall–Kier alpha value is -2.87. The van der Waals surface area contributed by atoms with E-state index < -0.39 is 17.6 Å². The van der Waals surface area contributed by atoms with Gasteiger partial charge in [-0.15, -0.1) is 0 Å². The lowest BCUT2D eigenvalue weighted by atomic mass is 10.1. The number of thiocarbonyl (C=S) groups is 1. The first-order valence-corrected chi connectivity index (χ1v) is 7.50. The summed E-state index contributed by atoms with van der Waals surface area (Å²) in [5.41, 5.74) is -0.639. The van der Waals surface area contributed by atoms with Gasteiger partial charge in [0.2, 0.25) is 0 Å². The maximum atomic E-state index is 13.2. The molecule has 25 heavy (non-hydrogen) atoms. The van der Waals surface area contributed by atoms with Crippen LogP contribution in [0.5, 0.6) is 5.75 Å². The van der Waals surface area contributed by atoms with Gasteiger partial charge in [-0.2, -0.15) is 13.2 Å². The van der Waals surface area contributed by atoms with Crippen LogP contribution in [0, 0.1) is 0 Å². The average molecular weight is 364 g/mol. The molecule has 1 aliphatic rings. The van der Waals surface area contributed by atoms with Crippen LogP contribution < -0.4 is 10.2 Å². The van der Waals surface area contributed by atoms with E-state index in [9.17, 15) is 23.1 Å². The highest BCUT2D eigenvalue weighted by atomic mass is 32.1. The van der Waals surface area contributed by atoms with Crippen molar-refractivity contribution in [1.29, 1.82) is 0 Å². The van der Waals surface area contributed by atoms with E-state index in [0.29, 0.717) is 5.56 Å². The zero-order valence-corrected chi connectivity index (χ0v) is 13.4. The minimum atomic E-state index is -4.62. The molecule has 0 saturated carbocycles. The Bertz CT molecular complexity index is 876. The van der Waals surface area contributed by atoms with Gasteiger partial charge in [0.15, 0.2) is 5.11 Å². The zero-order valence-electron chi connectivity index (χ0n) is 12.5. The molecule has 4 nitrogen and oxygen atoms in total. The molecule has 0 radical (unpaired) electrons. The number of hydrogen-bond acceptors (Lipinski definition) is 3. The first kappa shape index (κ1) is 17.0. The highest BCUT2D eigenvalue weighted by Crippen LogP contribution is 2.37. The number of nitrogens with zero attached hydrogens (tertiary/aromatic N) is 1. The van der Waals surface area contributed by atoms with Gasteiger partial charge in [-0.3, -0.25) is 9.69 Å². The predicted molar refractivity (Wildman–Crippen MR) is 90.7 cm³/mol. The molecule has 1 fully saturated rings. The number of carbonyl (C=O) groups excluding carboxylic acids is 1. The standard InChI is InChI=1S/C17H11F3N2O2S/c18-17(19,20)12-3-1-2-4-14(12)22-15(24)13(21-16(22)25)9-10-5-7-11(23)8-6-10/h1-9,23H,(H,21,25)/b13-9-. The van der Waals surface area contributed by atoms with Gasteiger partial charge in [-0.1, -0.05) is 24.3 Å². The van der Waals surface area contributed by atoms with Gasteiger partial charge >= 0.3 is 6.18 Å². The average Bonchev–Trinajstić information content (AvgIpc) is 2.83. The summed E-state index contributed by atoms with van der Waals surface area (Å²) in [5.74, 6) is -0.626. The molecule has 0 spiro atoms. The number of hydrogen-bond donors (Lipinski definition) is 2. The van der Waals surface area contributed by atoms with Crippen molar-refractivity contribution in [2.75, 3.05) is 4.90 Å². The van der Waals surface area contributed by atoms with Crippen molar-refractivity contribution in [1.82, 2.24) is 5.32 Å². The fourth-order valence-corrected chi connectivity index (χ4v) is 2.69. The highest BCUT2D eigenvalue weighted by Gasteiger charge is 2.40. The first-order chi connectivity index (χ1) is 11.8. The summed E-state index contributed by atoms with van der Waals surface area (Å²) in [5, 5.41) is 11.8. The van der Waals surface area contributed by atoms with Crippen LogP contribution in [0.3, 0.4) is 0 Å². The molecule has 0 bridgehead atoms. The van der Waals surface area contributed by atoms with Gasteiger partial charge in [0.1, 0.15) is 11.4 Å². The maximum Gasteiger partial charge on any atom is 0.418 e. The van der Waals surface area contributed by atoms with E-state index in [4.69, 9.17) is 12.2 Å². The number of nitrogens with one attached hydrogen (secondary N) is 1. The summed E-state index contributed by atoms with van der Waals surface area (Å²) in [6.45, 7) is 0. The van der Waals surface area contributed by atoms with Crippen molar-refractivity contribution in [3.8, 4) is 5.75 Å². The monoisotopic (exact) mass is 364 g/mol. The maximum absolute atomic E-state index is 13.2. The van der Waals surface area contributed by atoms with Crippen LogP contribution in [0.1, 0.15) is 11.1 Å². The van der Waals surface area contributed by atoms with Gasteiger partial charge in [0, 0.05) is 0 Å². The number of aromatic hydroxyl groups is 1. The number of anilines is 1. The Kier molecular flexibility index (Phi) is 4.22. The second-order valence-electron chi connectivity index (χ2n) is 5.24. The normalized spacial score (nSPS) is 16.4. The van der Waals surface area contributed by atoms with Crippen LogP contribution in [0.25, 0.3) is 6.08 Å². The zero-order chi connectivity index (χ0) is 18.2. The lowest BCUT2D eigenvalue weighted by Crippen LogP contribution is -2.32. The van der Waals surface area contributed by atoms with E-state index in [-0.39, 0.29) is 22.2 Å². The van der Waals surface area contributed by atoms with E-state index in [1.54, 1.807) is 12.1 Å². The summed E-state index contributed by atoms with van der Waals surface area (Å²) in [6, 6.07) is 10.7. The first-order valence-electron chi connectivity index (χ1n) is 7.10. The number of carbonyl (C=O) groups is 1. The van der Waals surface area contributed by atoms with E-state index in [0.717, 1.165) is 11.0 Å². The molecule has 3 rings (SSSR count). The second kappa shape index (κ2) is 6.21. The van der Waals surface area contributed by atoms with Crippen molar-refractivity contribution in [2.45, 2.75) is 6.18 Å². The molecule has 0 aliphatic carbocycles. The number of phenols is 1. The van der Waals surface area contributed by atoms with Gasteiger partial charge in [0.05, 0.1) is 11.3 Å². The van der Waals surface area contributed by atoms with Crippen LogP contribution in [-0.4, -0.2) is 16.1 Å². The number of phenolic OH excluding ortho intramolecular Hbond substituents is 1. The molecular weight excluding hydrogens is 353 g/mol. The smallest absolute Gasteiger partial charge is 0.418 e. The molecule has 0 atom stereocenters. The quantitative estimate of drug-likeness (QED) is 0.631. The summed E-state index contributed by atoms with van der Waals surface area (Å²) < 4.78 is 39.6. The Morgan fingerprint density at radius 3 is 2.36 bits per heavy atom. The number of para-hydroxylation sites is 1. The fourth-order valence-electron chi connectivity index (χ4n) is 2.40. The van der Waals surface area contributed by atoms with Crippen molar-refractivity contribution < 1.29 is 23.1 Å². The lowest BCUT2D eigenvalue weighted by Gasteiger charge is -2.19. The third-order valence-electron chi connectivity index (χ3n) is 3.53. The molecule has 0 aromatic heterocycles. The van der Waals surface area contributed by atoms with E-state index >= 15 is 0 Å². The Labute approximate surface area is 146 Å². The molecule has 2 aromatic carbocycles. The van der Waals surface area contributed by atoms with Gasteiger partial charge in [-0.25, -0.2) is 0 Å². The van der Waals surface area contributed by atoms with Crippen molar-refractivity contribution in [3.05, 3.63) is 65.4 Å². The highest BCUT2D eigenvalue weighted by molar-refractivity contribution is 7.80. The van der Waals surface area contributed by atoms with E-state index in [2.05, 4.69) is 5.32 Å². The van der Waals surface area contributed by atoms with E-state index in [1.165, 1.54) is 36.4 Å². The van der Waals surface area contributed by atoms with E-state index in [1.807, 2.05) is 0 Å². The van der Waals surface area contributed by atoms with Crippen molar-refractivity contribution >= 4 is 35.0 Å². The number of benzene rings is 2. The van der Waals surface area contributed by atoms with Crippen molar-refractivity contribution in [2.24, 2.45) is 0 Å². The van der Waals surface area contributed by atoms with Gasteiger partial charge in [0.25, 0.3) is 5.91 Å². The third-order valence-corrected chi connectivity index (χ3v) is 3.82.